The highest BCUT2D eigenvalue weighted by molar-refractivity contribution is 6.34. The molecule has 7 aromatic carbocycles. The van der Waals surface area contributed by atoms with Crippen molar-refractivity contribution >= 4 is 66.4 Å². The van der Waals surface area contributed by atoms with Gasteiger partial charge in [-0.15, -0.1) is 0 Å². The molecule has 0 nitrogen and oxygen atoms in total. The van der Waals surface area contributed by atoms with E-state index >= 15 is 0 Å². The van der Waals surface area contributed by atoms with Crippen LogP contribution in [-0.4, -0.2) is 0 Å². The highest BCUT2D eigenvalue weighted by Gasteiger charge is 2.23. The minimum absolute atomic E-state index is 1.27. The maximum Gasteiger partial charge on any atom is -0.00134 e. The van der Waals surface area contributed by atoms with Crippen molar-refractivity contribution in [1.82, 2.24) is 0 Å². The van der Waals surface area contributed by atoms with Gasteiger partial charge in [-0.1, -0.05) is 121 Å². The van der Waals surface area contributed by atoms with Gasteiger partial charge in [-0.3, -0.25) is 0 Å². The van der Waals surface area contributed by atoms with Crippen molar-refractivity contribution in [1.29, 1.82) is 0 Å². The number of hydrogen-bond acceptors (Lipinski definition) is 0. The first-order valence-electron chi connectivity index (χ1n) is 12.6. The molecule has 164 valence electrons. The van der Waals surface area contributed by atoms with Crippen LogP contribution in [0.25, 0.3) is 66.4 Å². The number of rotatable bonds is 2. The minimum atomic E-state index is 1.27. The molecule has 0 bridgehead atoms. The molecule has 0 unspecified atom stereocenters. The highest BCUT2D eigenvalue weighted by atomic mass is 14.3. The zero-order chi connectivity index (χ0) is 23.4. The first-order valence-corrected chi connectivity index (χ1v) is 12.6. The molecule has 0 aromatic heterocycles. The van der Waals surface area contributed by atoms with Crippen molar-refractivity contribution in [3.63, 3.8) is 0 Å². The number of hydrogen-bond donors (Lipinski definition) is 0. The lowest BCUT2D eigenvalue weighted by molar-refractivity contribution is 1.56. The molecule has 36 heavy (non-hydrogen) atoms. The Hall–Kier alpha value is -4.68. The summed E-state index contributed by atoms with van der Waals surface area (Å²) in [5.74, 6) is 0. The lowest BCUT2D eigenvalue weighted by atomic mass is 9.88. The van der Waals surface area contributed by atoms with E-state index < -0.39 is 0 Å². The van der Waals surface area contributed by atoms with E-state index in [-0.39, 0.29) is 0 Å². The van der Waals surface area contributed by atoms with Gasteiger partial charge in [-0.2, -0.15) is 0 Å². The van der Waals surface area contributed by atoms with Crippen LogP contribution in [0.1, 0.15) is 11.1 Å². The van der Waals surface area contributed by atoms with Crippen LogP contribution >= 0.6 is 0 Å². The third-order valence-electron chi connectivity index (χ3n) is 8.32. The van der Waals surface area contributed by atoms with Crippen molar-refractivity contribution in [2.75, 3.05) is 0 Å². The number of benzene rings is 7. The summed E-state index contributed by atoms with van der Waals surface area (Å²) in [6.07, 6.45) is 4.51. The smallest absolute Gasteiger partial charge is 0.00134 e. The summed E-state index contributed by atoms with van der Waals surface area (Å²) < 4.78 is 0. The molecule has 2 aliphatic carbocycles. The molecule has 0 heterocycles. The van der Waals surface area contributed by atoms with Gasteiger partial charge in [0, 0.05) is 0 Å². The fourth-order valence-corrected chi connectivity index (χ4v) is 6.90. The summed E-state index contributed by atoms with van der Waals surface area (Å²) in [6, 6.07) is 40.6. The zero-order valence-corrected chi connectivity index (χ0v) is 19.5. The summed E-state index contributed by atoms with van der Waals surface area (Å²) in [5, 5.41) is 16.4. The van der Waals surface area contributed by atoms with Crippen LogP contribution in [0.5, 0.6) is 0 Å². The Morgan fingerprint density at radius 1 is 0.306 bits per heavy atom. The van der Waals surface area contributed by atoms with E-state index in [1.165, 1.54) is 86.2 Å². The van der Waals surface area contributed by atoms with Crippen molar-refractivity contribution in [3.05, 3.63) is 141 Å². The zero-order valence-electron chi connectivity index (χ0n) is 19.5. The fourth-order valence-electron chi connectivity index (χ4n) is 6.90. The van der Waals surface area contributed by atoms with Crippen LogP contribution in [0.15, 0.2) is 109 Å². The summed E-state index contributed by atoms with van der Waals surface area (Å²) in [4.78, 5) is 0. The molecule has 0 amide bonds. The molecule has 2 aliphatic rings. The molecule has 0 atom stereocenters. The van der Waals surface area contributed by atoms with Crippen LogP contribution in [0, 0.1) is 0 Å². The largest absolute Gasteiger partial charge is 0.0622 e. The standard InChI is InChI=1S/C36H20/c1-3-7-21(8-4-1)32-29-19-17-27-25-15-13-23-11-12-24-14-16-26(34(25)31(23)24)28-18-20-30(36(29)35(27)28)33(32)22-9-5-2-6-10-22/h1-20H. The molecular weight excluding hydrogens is 432 g/mol. The second kappa shape index (κ2) is 6.50. The third-order valence-corrected chi connectivity index (χ3v) is 8.32. The van der Waals surface area contributed by atoms with Crippen LogP contribution in [0.2, 0.25) is 0 Å². The van der Waals surface area contributed by atoms with Gasteiger partial charge in [0.15, 0.2) is 0 Å². The highest BCUT2D eigenvalue weighted by Crippen LogP contribution is 2.39. The molecular formula is C36H20. The average Bonchev–Trinajstić information content (AvgIpc) is 3.52. The van der Waals surface area contributed by atoms with Gasteiger partial charge in [0.25, 0.3) is 0 Å². The second-order valence-electron chi connectivity index (χ2n) is 10.0. The van der Waals surface area contributed by atoms with Gasteiger partial charge in [0.05, 0.1) is 0 Å². The SMILES string of the molecule is C1=c2ccc3c4ccc5c6c(ccc(c7ccc(c2c37)=C1)c64)=C(c1ccccc1)C=5c1ccccc1. The lowest BCUT2D eigenvalue weighted by Crippen LogP contribution is -2.12. The Morgan fingerprint density at radius 2 is 0.722 bits per heavy atom. The minimum Gasteiger partial charge on any atom is -0.0622 e. The van der Waals surface area contributed by atoms with E-state index in [1.807, 2.05) is 0 Å². The quantitative estimate of drug-likeness (QED) is 0.232. The molecule has 0 spiro atoms. The van der Waals surface area contributed by atoms with Gasteiger partial charge in [-0.25, -0.2) is 0 Å². The summed E-state index contributed by atoms with van der Waals surface area (Å²) in [6.45, 7) is 0. The van der Waals surface area contributed by atoms with Gasteiger partial charge in [-0.05, 0) is 86.2 Å². The Labute approximate surface area is 207 Å². The fraction of sp³-hybridized carbons (Fsp3) is 0. The topological polar surface area (TPSA) is 0 Å². The van der Waals surface area contributed by atoms with Crippen LogP contribution in [0.3, 0.4) is 0 Å². The van der Waals surface area contributed by atoms with Gasteiger partial charge in [0.1, 0.15) is 0 Å². The number of fused-ring (bicyclic) bond motifs is 2. The third kappa shape index (κ3) is 2.16. The van der Waals surface area contributed by atoms with E-state index in [4.69, 9.17) is 0 Å². The van der Waals surface area contributed by atoms with Crippen molar-refractivity contribution in [3.8, 4) is 0 Å². The molecule has 0 N–H and O–H groups in total. The Morgan fingerprint density at radius 3 is 1.19 bits per heavy atom. The van der Waals surface area contributed by atoms with Crippen LogP contribution in [-0.2, 0) is 0 Å². The van der Waals surface area contributed by atoms with Crippen LogP contribution < -0.4 is 20.9 Å². The van der Waals surface area contributed by atoms with E-state index in [1.54, 1.807) is 0 Å². The van der Waals surface area contributed by atoms with Crippen LogP contribution in [0.4, 0.5) is 0 Å². The first kappa shape index (κ1) is 18.6. The molecule has 0 radical (unpaired) electrons. The second-order valence-corrected chi connectivity index (χ2v) is 10.0. The summed E-state index contributed by atoms with van der Waals surface area (Å²) in [7, 11) is 0. The normalized spacial score (nSPS) is 13.9. The molecule has 7 aromatic rings. The van der Waals surface area contributed by atoms with Crippen molar-refractivity contribution in [2.45, 2.75) is 0 Å². The van der Waals surface area contributed by atoms with Gasteiger partial charge >= 0.3 is 0 Å². The molecule has 0 aliphatic heterocycles. The predicted octanol–water partition coefficient (Wildman–Crippen LogP) is 5.72. The summed E-state index contributed by atoms with van der Waals surface area (Å²) in [5.41, 5.74) is 5.22. The molecule has 0 fully saturated rings. The summed E-state index contributed by atoms with van der Waals surface area (Å²) >= 11 is 0. The predicted molar refractivity (Wildman–Crippen MR) is 153 cm³/mol. The Balaban J connectivity index is 1.58. The average molecular weight is 453 g/mol. The van der Waals surface area contributed by atoms with Gasteiger partial charge < -0.3 is 0 Å². The Kier molecular flexibility index (Phi) is 3.36. The van der Waals surface area contributed by atoms with Gasteiger partial charge in [0.2, 0.25) is 0 Å². The van der Waals surface area contributed by atoms with E-state index in [0.717, 1.165) is 0 Å². The lowest BCUT2D eigenvalue weighted by Gasteiger charge is -2.14. The van der Waals surface area contributed by atoms with E-state index in [0.29, 0.717) is 0 Å². The molecule has 0 saturated carbocycles. The monoisotopic (exact) mass is 452 g/mol. The molecule has 0 saturated heterocycles. The van der Waals surface area contributed by atoms with Crippen molar-refractivity contribution in [2.24, 2.45) is 0 Å². The Bertz CT molecular complexity index is 2160. The molecule has 9 rings (SSSR count). The van der Waals surface area contributed by atoms with Crippen molar-refractivity contribution < 1.29 is 0 Å². The maximum absolute atomic E-state index is 2.37. The molecule has 0 heteroatoms. The van der Waals surface area contributed by atoms with E-state index in [2.05, 4.69) is 121 Å². The maximum atomic E-state index is 2.37. The first-order chi connectivity index (χ1) is 17.9. The van der Waals surface area contributed by atoms with E-state index in [9.17, 15) is 0 Å².